The summed E-state index contributed by atoms with van der Waals surface area (Å²) in [7, 11) is 0. The Hall–Kier alpha value is -9.24. The maximum atomic E-state index is 7.34. The minimum absolute atomic E-state index is 0.844. The second-order valence-corrected chi connectivity index (χ2v) is 18.5. The lowest BCUT2D eigenvalue weighted by molar-refractivity contribution is 0.670. The zero-order valence-corrected chi connectivity index (χ0v) is 37.9. The summed E-state index contributed by atoms with van der Waals surface area (Å²) in [5, 5.41) is 16.1. The number of furan rings is 2. The molecular weight excluding hydrogens is 849 g/mol. The zero-order valence-electron chi connectivity index (χ0n) is 37.9. The van der Waals surface area contributed by atoms with Gasteiger partial charge in [-0.2, -0.15) is 0 Å². The highest BCUT2D eigenvalue weighted by molar-refractivity contribution is 6.37. The third-order valence-electron chi connectivity index (χ3n) is 14.8. The monoisotopic (exact) mass is 888 g/mol. The molecule has 324 valence electrons. The molecule has 2 nitrogen and oxygen atoms in total. The second-order valence-electron chi connectivity index (χ2n) is 18.5. The highest BCUT2D eigenvalue weighted by Gasteiger charge is 2.28. The Kier molecular flexibility index (Phi) is 8.39. The lowest BCUT2D eigenvalue weighted by Gasteiger charge is -2.20. The van der Waals surface area contributed by atoms with E-state index in [2.05, 4.69) is 243 Å². The standard InChI is InChI=1S/C68H40O2/c1-4-20-41(21-5-1)44-36-37-59-55(38-44)66-62-45(40-57(68(66)70-59)64-52-32-16-12-28-48(52)61(43-24-8-3-9-25-43)49-29-13-17-33-53(49)64)39-56(67-65(62)54-34-18-19-35-58(54)69-67)63-50-30-14-10-26-46(50)60(42-22-6-2-7-23-42)47-27-11-15-31-51(47)63/h1-40H. The van der Waals surface area contributed by atoms with Crippen molar-refractivity contribution in [3.05, 3.63) is 243 Å². The van der Waals surface area contributed by atoms with E-state index >= 15 is 0 Å². The lowest BCUT2D eigenvalue weighted by Crippen LogP contribution is -1.93. The topological polar surface area (TPSA) is 26.3 Å². The average molecular weight is 889 g/mol. The molecule has 2 heteroatoms. The Morgan fingerprint density at radius 1 is 0.214 bits per heavy atom. The van der Waals surface area contributed by atoms with Gasteiger partial charge in [0.25, 0.3) is 0 Å². The van der Waals surface area contributed by atoms with E-state index in [9.17, 15) is 0 Å². The molecule has 0 bridgehead atoms. The molecule has 0 fully saturated rings. The van der Waals surface area contributed by atoms with E-state index in [1.807, 2.05) is 0 Å². The van der Waals surface area contributed by atoms with Crippen molar-refractivity contribution in [3.8, 4) is 55.6 Å². The van der Waals surface area contributed by atoms with Gasteiger partial charge in [0, 0.05) is 49.2 Å². The van der Waals surface area contributed by atoms with Gasteiger partial charge in [-0.25, -0.2) is 0 Å². The van der Waals surface area contributed by atoms with Crippen molar-refractivity contribution in [3.63, 3.8) is 0 Å². The summed E-state index contributed by atoms with van der Waals surface area (Å²) in [6.07, 6.45) is 0. The first kappa shape index (κ1) is 38.8. The van der Waals surface area contributed by atoms with Crippen LogP contribution in [-0.2, 0) is 0 Å². The first-order chi connectivity index (χ1) is 34.8. The van der Waals surface area contributed by atoms with Gasteiger partial charge in [0.15, 0.2) is 0 Å². The molecule has 0 saturated heterocycles. The van der Waals surface area contributed by atoms with Crippen LogP contribution in [0.2, 0.25) is 0 Å². The molecule has 0 amide bonds. The molecule has 70 heavy (non-hydrogen) atoms. The Bertz CT molecular complexity index is 4500. The van der Waals surface area contributed by atoms with Crippen LogP contribution < -0.4 is 0 Å². The van der Waals surface area contributed by atoms with Crippen LogP contribution in [0.1, 0.15) is 0 Å². The Morgan fingerprint density at radius 3 is 1.00 bits per heavy atom. The largest absolute Gasteiger partial charge is 0.455 e. The van der Waals surface area contributed by atoms with Crippen LogP contribution >= 0.6 is 0 Å². The molecular formula is C68H40O2. The van der Waals surface area contributed by atoms with Crippen LogP contribution in [0.5, 0.6) is 0 Å². The first-order valence-electron chi connectivity index (χ1n) is 24.1. The number of benzene rings is 13. The molecule has 0 atom stereocenters. The molecule has 0 aliphatic heterocycles. The van der Waals surface area contributed by atoms with Crippen LogP contribution in [0.15, 0.2) is 251 Å². The minimum atomic E-state index is 0.844. The van der Waals surface area contributed by atoms with Gasteiger partial charge in [0.05, 0.1) is 0 Å². The van der Waals surface area contributed by atoms with Gasteiger partial charge in [-0.15, -0.1) is 0 Å². The molecule has 2 heterocycles. The van der Waals surface area contributed by atoms with Crippen molar-refractivity contribution in [2.24, 2.45) is 0 Å². The number of hydrogen-bond donors (Lipinski definition) is 0. The zero-order chi connectivity index (χ0) is 45.9. The maximum Gasteiger partial charge on any atom is 0.143 e. The van der Waals surface area contributed by atoms with Gasteiger partial charge in [0.2, 0.25) is 0 Å². The lowest BCUT2D eigenvalue weighted by atomic mass is 9.83. The summed E-state index contributed by atoms with van der Waals surface area (Å²) < 4.78 is 14.6. The molecule has 2 aromatic heterocycles. The number of hydrogen-bond acceptors (Lipinski definition) is 2. The molecule has 0 unspecified atom stereocenters. The number of rotatable bonds is 5. The molecule has 13 aromatic carbocycles. The van der Waals surface area contributed by atoms with E-state index in [-0.39, 0.29) is 0 Å². The van der Waals surface area contributed by atoms with Crippen molar-refractivity contribution in [1.29, 1.82) is 0 Å². The second kappa shape index (κ2) is 15.1. The Balaban J connectivity index is 1.16. The fourth-order valence-electron chi connectivity index (χ4n) is 11.9. The average Bonchev–Trinajstić information content (AvgIpc) is 4.02. The summed E-state index contributed by atoms with van der Waals surface area (Å²) in [6, 6.07) is 88.0. The summed E-state index contributed by atoms with van der Waals surface area (Å²) in [5.74, 6) is 0. The van der Waals surface area contributed by atoms with Crippen molar-refractivity contribution in [2.45, 2.75) is 0 Å². The molecule has 0 radical (unpaired) electrons. The van der Waals surface area contributed by atoms with Gasteiger partial charge in [-0.1, -0.05) is 212 Å². The number of para-hydroxylation sites is 1. The molecule has 15 rings (SSSR count). The van der Waals surface area contributed by atoms with Gasteiger partial charge in [-0.05, 0) is 112 Å². The van der Waals surface area contributed by atoms with Crippen LogP contribution in [0.4, 0.5) is 0 Å². The fraction of sp³-hybridized carbons (Fsp3) is 0. The smallest absolute Gasteiger partial charge is 0.143 e. The van der Waals surface area contributed by atoms with E-state index in [4.69, 9.17) is 8.83 Å². The molecule has 15 aromatic rings. The Labute approximate surface area is 402 Å². The first-order valence-corrected chi connectivity index (χ1v) is 24.1. The van der Waals surface area contributed by atoms with E-state index in [0.29, 0.717) is 0 Å². The predicted molar refractivity (Wildman–Crippen MR) is 296 cm³/mol. The van der Waals surface area contributed by atoms with Crippen molar-refractivity contribution in [2.75, 3.05) is 0 Å². The molecule has 0 N–H and O–H groups in total. The summed E-state index contributed by atoms with van der Waals surface area (Å²) >= 11 is 0. The van der Waals surface area contributed by atoms with Gasteiger partial charge in [0.1, 0.15) is 22.3 Å². The third-order valence-corrected chi connectivity index (χ3v) is 14.8. The SMILES string of the molecule is c1ccc(-c2ccc3oc4c(-c5c6ccccc6c(-c6ccccc6)c6ccccc56)cc5cc(-c6c7ccccc7c(-c7ccccc7)c7ccccc67)c6oc7ccccc7c6c5c4c3c2)cc1. The van der Waals surface area contributed by atoms with Crippen LogP contribution in [0.3, 0.4) is 0 Å². The van der Waals surface area contributed by atoms with Crippen LogP contribution in [-0.4, -0.2) is 0 Å². The van der Waals surface area contributed by atoms with Crippen molar-refractivity contribution < 1.29 is 8.83 Å². The van der Waals surface area contributed by atoms with Crippen LogP contribution in [0, 0.1) is 0 Å². The summed E-state index contributed by atoms with van der Waals surface area (Å²) in [5.41, 5.74) is 15.0. The molecule has 0 aliphatic rings. The summed E-state index contributed by atoms with van der Waals surface area (Å²) in [4.78, 5) is 0. The molecule has 0 spiro atoms. The minimum Gasteiger partial charge on any atom is -0.455 e. The molecule has 0 aliphatic carbocycles. The van der Waals surface area contributed by atoms with E-state index in [1.54, 1.807) is 0 Å². The third kappa shape index (κ3) is 5.62. The quantitative estimate of drug-likeness (QED) is 0.161. The van der Waals surface area contributed by atoms with Gasteiger partial charge < -0.3 is 8.83 Å². The van der Waals surface area contributed by atoms with Crippen molar-refractivity contribution in [1.82, 2.24) is 0 Å². The normalized spacial score (nSPS) is 12.0. The van der Waals surface area contributed by atoms with Crippen molar-refractivity contribution >= 4 is 97.7 Å². The predicted octanol–water partition coefficient (Wildman–Crippen LogP) is 19.6. The van der Waals surface area contributed by atoms with E-state index in [0.717, 1.165) is 88.0 Å². The Morgan fingerprint density at radius 2 is 0.557 bits per heavy atom. The highest BCUT2D eigenvalue weighted by atomic mass is 16.3. The van der Waals surface area contributed by atoms with Crippen LogP contribution in [0.25, 0.3) is 153 Å². The number of fused-ring (bicyclic) bond motifs is 13. The van der Waals surface area contributed by atoms with Gasteiger partial charge in [-0.3, -0.25) is 0 Å². The fourth-order valence-corrected chi connectivity index (χ4v) is 11.9. The van der Waals surface area contributed by atoms with E-state index in [1.165, 1.54) is 65.3 Å². The highest BCUT2D eigenvalue weighted by Crippen LogP contribution is 2.53. The molecule has 0 saturated carbocycles. The van der Waals surface area contributed by atoms with Gasteiger partial charge >= 0.3 is 0 Å². The summed E-state index contributed by atoms with van der Waals surface area (Å²) in [6.45, 7) is 0. The maximum absolute atomic E-state index is 7.34. The van der Waals surface area contributed by atoms with E-state index < -0.39 is 0 Å².